The molecule has 6 heteroatoms. The maximum absolute atomic E-state index is 6.14. The summed E-state index contributed by atoms with van der Waals surface area (Å²) in [5.74, 6) is 0.395. The van der Waals surface area contributed by atoms with E-state index in [-0.39, 0.29) is 6.08 Å². The Labute approximate surface area is 142 Å². The SMILES string of the molecule is Clc1ccccc1-c1noc(OCc2cccc3cccnc23)n1. The highest BCUT2D eigenvalue weighted by Gasteiger charge is 2.13. The van der Waals surface area contributed by atoms with Gasteiger partial charge in [0.05, 0.1) is 10.5 Å². The Morgan fingerprint density at radius 3 is 2.79 bits per heavy atom. The number of pyridine rings is 1. The van der Waals surface area contributed by atoms with Gasteiger partial charge < -0.3 is 4.74 Å². The van der Waals surface area contributed by atoms with Gasteiger partial charge in [0.25, 0.3) is 0 Å². The number of hydrogen-bond acceptors (Lipinski definition) is 5. The Bertz CT molecular complexity index is 995. The Morgan fingerprint density at radius 2 is 1.88 bits per heavy atom. The second-order valence-electron chi connectivity index (χ2n) is 5.14. The number of fused-ring (bicyclic) bond motifs is 1. The summed E-state index contributed by atoms with van der Waals surface area (Å²) in [6.07, 6.45) is 1.85. The van der Waals surface area contributed by atoms with Crippen LogP contribution in [0, 0.1) is 0 Å². The predicted octanol–water partition coefficient (Wildman–Crippen LogP) is 4.52. The number of aromatic nitrogens is 3. The number of nitrogens with zero attached hydrogens (tertiary/aromatic N) is 3. The van der Waals surface area contributed by atoms with E-state index in [9.17, 15) is 0 Å². The molecule has 2 heterocycles. The molecule has 0 spiro atoms. The Balaban J connectivity index is 1.56. The molecule has 0 saturated carbocycles. The average Bonchev–Trinajstić information content (AvgIpc) is 3.09. The molecule has 0 atom stereocenters. The van der Waals surface area contributed by atoms with Gasteiger partial charge in [0, 0.05) is 22.7 Å². The zero-order chi connectivity index (χ0) is 16.4. The normalized spacial score (nSPS) is 10.9. The van der Waals surface area contributed by atoms with Crippen molar-refractivity contribution < 1.29 is 9.26 Å². The van der Waals surface area contributed by atoms with E-state index >= 15 is 0 Å². The lowest BCUT2D eigenvalue weighted by atomic mass is 10.1. The molecule has 0 bridgehead atoms. The average molecular weight is 338 g/mol. The first-order chi connectivity index (χ1) is 11.8. The van der Waals surface area contributed by atoms with Gasteiger partial charge in [-0.1, -0.05) is 53.2 Å². The molecule has 2 aromatic heterocycles. The van der Waals surface area contributed by atoms with Crippen molar-refractivity contribution in [1.29, 1.82) is 0 Å². The second kappa shape index (κ2) is 6.29. The summed E-state index contributed by atoms with van der Waals surface area (Å²) < 4.78 is 10.8. The van der Waals surface area contributed by atoms with Crippen molar-refractivity contribution in [2.45, 2.75) is 6.61 Å². The zero-order valence-electron chi connectivity index (χ0n) is 12.5. The molecule has 0 N–H and O–H groups in total. The van der Waals surface area contributed by atoms with E-state index in [1.165, 1.54) is 0 Å². The van der Waals surface area contributed by atoms with Crippen LogP contribution in [0.5, 0.6) is 6.08 Å². The molecule has 0 aliphatic carbocycles. The highest BCUT2D eigenvalue weighted by atomic mass is 35.5. The maximum Gasteiger partial charge on any atom is 0.417 e. The highest BCUT2D eigenvalue weighted by molar-refractivity contribution is 6.33. The molecular weight excluding hydrogens is 326 g/mol. The van der Waals surface area contributed by atoms with Gasteiger partial charge in [0.2, 0.25) is 5.82 Å². The largest absolute Gasteiger partial charge is 0.444 e. The summed E-state index contributed by atoms with van der Waals surface area (Å²) in [6, 6.07) is 17.1. The Morgan fingerprint density at radius 1 is 1.00 bits per heavy atom. The van der Waals surface area contributed by atoms with Gasteiger partial charge in [-0.25, -0.2) is 0 Å². The fourth-order valence-electron chi connectivity index (χ4n) is 2.44. The van der Waals surface area contributed by atoms with E-state index in [4.69, 9.17) is 20.9 Å². The Hall–Kier alpha value is -2.92. The lowest BCUT2D eigenvalue weighted by molar-refractivity contribution is 0.196. The maximum atomic E-state index is 6.14. The Kier molecular flexibility index (Phi) is 3.84. The molecule has 0 fully saturated rings. The van der Waals surface area contributed by atoms with E-state index in [0.717, 1.165) is 16.5 Å². The highest BCUT2D eigenvalue weighted by Crippen LogP contribution is 2.26. The van der Waals surface area contributed by atoms with Crippen molar-refractivity contribution in [2.75, 3.05) is 0 Å². The molecule has 0 aliphatic rings. The van der Waals surface area contributed by atoms with Gasteiger partial charge in [0.15, 0.2) is 0 Å². The molecule has 24 heavy (non-hydrogen) atoms. The first-order valence-electron chi connectivity index (χ1n) is 7.35. The minimum absolute atomic E-state index is 0.0952. The van der Waals surface area contributed by atoms with Crippen LogP contribution in [0.3, 0.4) is 0 Å². The summed E-state index contributed by atoms with van der Waals surface area (Å²) in [5, 5.41) is 5.53. The summed E-state index contributed by atoms with van der Waals surface area (Å²) in [5.41, 5.74) is 2.54. The van der Waals surface area contributed by atoms with Crippen LogP contribution in [0.1, 0.15) is 5.56 Å². The number of rotatable bonds is 4. The quantitative estimate of drug-likeness (QED) is 0.548. The number of halogens is 1. The topological polar surface area (TPSA) is 61.0 Å². The number of hydrogen-bond donors (Lipinski definition) is 0. The van der Waals surface area contributed by atoms with E-state index < -0.39 is 0 Å². The number of ether oxygens (including phenoxy) is 1. The lowest BCUT2D eigenvalue weighted by Crippen LogP contribution is -1.97. The molecule has 118 valence electrons. The van der Waals surface area contributed by atoms with Crippen molar-refractivity contribution in [2.24, 2.45) is 0 Å². The molecule has 2 aromatic carbocycles. The molecule has 5 nitrogen and oxygen atoms in total. The van der Waals surface area contributed by atoms with Crippen LogP contribution in [-0.2, 0) is 6.61 Å². The molecule has 0 amide bonds. The van der Waals surface area contributed by atoms with E-state index in [1.807, 2.05) is 48.5 Å². The van der Waals surface area contributed by atoms with Crippen LogP contribution in [0.15, 0.2) is 65.3 Å². The molecule has 0 aliphatic heterocycles. The minimum atomic E-state index is 0.0952. The van der Waals surface area contributed by atoms with Crippen molar-refractivity contribution >= 4 is 22.5 Å². The first kappa shape index (κ1) is 14.7. The molecular formula is C18H12ClN3O2. The summed E-state index contributed by atoms with van der Waals surface area (Å²) in [6.45, 7) is 0.290. The monoisotopic (exact) mass is 337 g/mol. The standard InChI is InChI=1S/C18H12ClN3O2/c19-15-9-2-1-8-14(15)17-21-18(24-22-17)23-11-13-6-3-5-12-7-4-10-20-16(12)13/h1-10H,11H2. The fraction of sp³-hybridized carbons (Fsp3) is 0.0556. The third-order valence-corrected chi connectivity index (χ3v) is 3.92. The summed E-state index contributed by atoms with van der Waals surface area (Å²) in [7, 11) is 0. The molecule has 0 unspecified atom stereocenters. The molecule has 0 saturated heterocycles. The molecule has 4 aromatic rings. The number of para-hydroxylation sites is 1. The van der Waals surface area contributed by atoms with Gasteiger partial charge in [-0.05, 0) is 18.2 Å². The second-order valence-corrected chi connectivity index (χ2v) is 5.55. The van der Waals surface area contributed by atoms with Crippen molar-refractivity contribution in [1.82, 2.24) is 15.1 Å². The van der Waals surface area contributed by atoms with Crippen LogP contribution in [0.4, 0.5) is 0 Å². The molecule has 0 radical (unpaired) electrons. The molecule has 4 rings (SSSR count). The van der Waals surface area contributed by atoms with Gasteiger partial charge >= 0.3 is 6.08 Å². The van der Waals surface area contributed by atoms with Crippen LogP contribution < -0.4 is 4.74 Å². The third kappa shape index (κ3) is 2.81. The lowest BCUT2D eigenvalue weighted by Gasteiger charge is -2.04. The van der Waals surface area contributed by atoms with Crippen molar-refractivity contribution in [3.05, 3.63) is 71.4 Å². The van der Waals surface area contributed by atoms with Crippen molar-refractivity contribution in [3.63, 3.8) is 0 Å². The number of benzene rings is 2. The van der Waals surface area contributed by atoms with Crippen molar-refractivity contribution in [3.8, 4) is 17.5 Å². The third-order valence-electron chi connectivity index (χ3n) is 3.59. The summed E-state index contributed by atoms with van der Waals surface area (Å²) >= 11 is 6.14. The van der Waals surface area contributed by atoms with Crippen LogP contribution in [-0.4, -0.2) is 15.1 Å². The van der Waals surface area contributed by atoms with Gasteiger partial charge in [-0.15, -0.1) is 0 Å². The van der Waals surface area contributed by atoms with Crippen LogP contribution in [0.25, 0.3) is 22.3 Å². The predicted molar refractivity (Wildman–Crippen MR) is 90.8 cm³/mol. The fourth-order valence-corrected chi connectivity index (χ4v) is 2.66. The van der Waals surface area contributed by atoms with E-state index in [0.29, 0.717) is 23.0 Å². The van der Waals surface area contributed by atoms with Gasteiger partial charge in [-0.2, -0.15) is 4.98 Å². The van der Waals surface area contributed by atoms with Crippen LogP contribution >= 0.6 is 11.6 Å². The van der Waals surface area contributed by atoms with Crippen LogP contribution in [0.2, 0.25) is 5.02 Å². The smallest absolute Gasteiger partial charge is 0.417 e. The first-order valence-corrected chi connectivity index (χ1v) is 7.73. The minimum Gasteiger partial charge on any atom is -0.444 e. The zero-order valence-corrected chi connectivity index (χ0v) is 13.3. The summed E-state index contributed by atoms with van der Waals surface area (Å²) in [4.78, 5) is 8.63. The van der Waals surface area contributed by atoms with Gasteiger partial charge in [-0.3, -0.25) is 9.51 Å². The van der Waals surface area contributed by atoms with E-state index in [2.05, 4.69) is 15.1 Å². The van der Waals surface area contributed by atoms with E-state index in [1.54, 1.807) is 12.3 Å². The van der Waals surface area contributed by atoms with Gasteiger partial charge in [0.1, 0.15) is 6.61 Å².